The maximum Gasteiger partial charge on any atom is 0.239 e. The summed E-state index contributed by atoms with van der Waals surface area (Å²) in [7, 11) is 1.79. The van der Waals surface area contributed by atoms with Crippen molar-refractivity contribution in [3.05, 3.63) is 29.8 Å². The van der Waals surface area contributed by atoms with Crippen molar-refractivity contribution in [2.75, 3.05) is 13.7 Å². The van der Waals surface area contributed by atoms with E-state index in [1.54, 1.807) is 11.9 Å². The summed E-state index contributed by atoms with van der Waals surface area (Å²) in [5.41, 5.74) is 6.94. The van der Waals surface area contributed by atoms with E-state index in [2.05, 4.69) is 6.92 Å². The van der Waals surface area contributed by atoms with Crippen LogP contribution in [0.15, 0.2) is 24.3 Å². The second kappa shape index (κ2) is 8.59. The topological polar surface area (TPSA) is 55.6 Å². The van der Waals surface area contributed by atoms with Crippen molar-refractivity contribution >= 4 is 5.91 Å². The molecule has 20 heavy (non-hydrogen) atoms. The van der Waals surface area contributed by atoms with Gasteiger partial charge in [0.05, 0.1) is 12.6 Å². The summed E-state index contributed by atoms with van der Waals surface area (Å²) < 4.78 is 5.57. The third-order valence-corrected chi connectivity index (χ3v) is 3.24. The monoisotopic (exact) mass is 278 g/mol. The normalized spacial score (nSPS) is 12.0. The first-order valence-electron chi connectivity index (χ1n) is 7.31. The van der Waals surface area contributed by atoms with Gasteiger partial charge in [-0.25, -0.2) is 0 Å². The minimum atomic E-state index is -0.404. The highest BCUT2D eigenvalue weighted by Gasteiger charge is 2.18. The van der Waals surface area contributed by atoms with Crippen LogP contribution in [0.1, 0.15) is 38.7 Å². The van der Waals surface area contributed by atoms with Gasteiger partial charge in [-0.15, -0.1) is 0 Å². The molecule has 1 aromatic carbocycles. The second-order valence-electron chi connectivity index (χ2n) is 4.98. The Kier molecular flexibility index (Phi) is 7.09. The van der Waals surface area contributed by atoms with Crippen LogP contribution in [0.25, 0.3) is 0 Å². The van der Waals surface area contributed by atoms with Crippen LogP contribution in [-0.2, 0) is 11.3 Å². The zero-order valence-electron chi connectivity index (χ0n) is 12.8. The van der Waals surface area contributed by atoms with Gasteiger partial charge in [0.1, 0.15) is 5.75 Å². The van der Waals surface area contributed by atoms with E-state index < -0.39 is 6.04 Å². The molecule has 0 aromatic heterocycles. The number of unbranched alkanes of at least 4 members (excludes halogenated alkanes) is 1. The molecule has 0 saturated heterocycles. The van der Waals surface area contributed by atoms with Crippen LogP contribution in [-0.4, -0.2) is 30.5 Å². The molecule has 1 amide bonds. The van der Waals surface area contributed by atoms with Crippen molar-refractivity contribution in [3.8, 4) is 5.75 Å². The van der Waals surface area contributed by atoms with E-state index in [9.17, 15) is 4.79 Å². The van der Waals surface area contributed by atoms with E-state index in [0.717, 1.165) is 30.6 Å². The fraction of sp³-hybridized carbons (Fsp3) is 0.562. The molecule has 0 aliphatic carbocycles. The van der Waals surface area contributed by atoms with Gasteiger partial charge < -0.3 is 15.4 Å². The van der Waals surface area contributed by atoms with Gasteiger partial charge in [0.2, 0.25) is 5.91 Å². The highest BCUT2D eigenvalue weighted by molar-refractivity contribution is 5.81. The highest BCUT2D eigenvalue weighted by Crippen LogP contribution is 2.19. The molecule has 1 atom stereocenters. The number of para-hydroxylation sites is 1. The fourth-order valence-corrected chi connectivity index (χ4v) is 2.09. The molecule has 0 bridgehead atoms. The number of hydrogen-bond acceptors (Lipinski definition) is 3. The summed E-state index contributed by atoms with van der Waals surface area (Å²) in [6.07, 6.45) is 2.78. The Labute approximate surface area is 121 Å². The Morgan fingerprint density at radius 2 is 2.05 bits per heavy atom. The smallest absolute Gasteiger partial charge is 0.239 e. The van der Waals surface area contributed by atoms with Gasteiger partial charge in [-0.05, 0) is 19.4 Å². The molecule has 1 aromatic rings. The predicted molar refractivity (Wildman–Crippen MR) is 81.6 cm³/mol. The van der Waals surface area contributed by atoms with Gasteiger partial charge in [-0.3, -0.25) is 4.79 Å². The molecule has 0 unspecified atom stereocenters. The summed E-state index contributed by atoms with van der Waals surface area (Å²) in [6, 6.07) is 7.39. The Morgan fingerprint density at radius 1 is 1.35 bits per heavy atom. The largest absolute Gasteiger partial charge is 0.494 e. The zero-order chi connectivity index (χ0) is 15.0. The first-order valence-corrected chi connectivity index (χ1v) is 7.31. The minimum absolute atomic E-state index is 0.00949. The molecule has 4 nitrogen and oxygen atoms in total. The number of ether oxygens (including phenoxy) is 1. The van der Waals surface area contributed by atoms with E-state index in [4.69, 9.17) is 10.5 Å². The molecular weight excluding hydrogens is 252 g/mol. The van der Waals surface area contributed by atoms with Gasteiger partial charge in [-0.2, -0.15) is 0 Å². The highest BCUT2D eigenvalue weighted by atomic mass is 16.5. The quantitative estimate of drug-likeness (QED) is 0.795. The van der Waals surface area contributed by atoms with E-state index in [1.807, 2.05) is 31.2 Å². The van der Waals surface area contributed by atoms with Crippen molar-refractivity contribution in [1.29, 1.82) is 0 Å². The number of benzene rings is 1. The summed E-state index contributed by atoms with van der Waals surface area (Å²) in [5.74, 6) is 0.821. The average Bonchev–Trinajstić information content (AvgIpc) is 2.46. The Balaban J connectivity index is 2.65. The molecule has 1 rings (SSSR count). The van der Waals surface area contributed by atoms with Crippen molar-refractivity contribution in [2.45, 2.75) is 45.7 Å². The molecule has 0 spiro atoms. The first-order chi connectivity index (χ1) is 9.60. The van der Waals surface area contributed by atoms with Crippen LogP contribution in [0.2, 0.25) is 0 Å². The predicted octanol–water partition coefficient (Wildman–Crippen LogP) is 2.56. The average molecular weight is 278 g/mol. The van der Waals surface area contributed by atoms with Crippen LogP contribution in [0.3, 0.4) is 0 Å². The lowest BCUT2D eigenvalue weighted by Gasteiger charge is -2.22. The maximum atomic E-state index is 12.2. The molecule has 0 aliphatic heterocycles. The summed E-state index contributed by atoms with van der Waals surface area (Å²) in [6.45, 7) is 5.19. The van der Waals surface area contributed by atoms with Crippen LogP contribution in [0.5, 0.6) is 5.75 Å². The van der Waals surface area contributed by atoms with Gasteiger partial charge in [0.15, 0.2) is 0 Å². The first kappa shape index (κ1) is 16.5. The fourth-order valence-electron chi connectivity index (χ4n) is 2.09. The zero-order valence-corrected chi connectivity index (χ0v) is 12.8. The standard InChI is InChI=1S/C16H26N2O2/c1-4-6-10-14(17)16(19)18(3)12-13-9-7-8-11-15(13)20-5-2/h7-9,11,14H,4-6,10,12,17H2,1-3H3/t14-/m0/s1. The van der Waals surface area contributed by atoms with Crippen molar-refractivity contribution in [2.24, 2.45) is 5.73 Å². The van der Waals surface area contributed by atoms with E-state index in [1.165, 1.54) is 0 Å². The van der Waals surface area contributed by atoms with Crippen LogP contribution in [0.4, 0.5) is 0 Å². The lowest BCUT2D eigenvalue weighted by Crippen LogP contribution is -2.41. The van der Waals surface area contributed by atoms with Gasteiger partial charge in [0.25, 0.3) is 0 Å². The number of hydrogen-bond donors (Lipinski definition) is 1. The SMILES string of the molecule is CCCC[C@H](N)C(=O)N(C)Cc1ccccc1OCC. The van der Waals surface area contributed by atoms with Crippen LogP contribution < -0.4 is 10.5 Å². The molecule has 0 fully saturated rings. The molecule has 112 valence electrons. The number of nitrogens with two attached hydrogens (primary N) is 1. The number of rotatable bonds is 8. The molecule has 0 saturated carbocycles. The van der Waals surface area contributed by atoms with Gasteiger partial charge in [-0.1, -0.05) is 38.0 Å². The van der Waals surface area contributed by atoms with E-state index in [-0.39, 0.29) is 5.91 Å². The summed E-state index contributed by atoms with van der Waals surface area (Å²) in [4.78, 5) is 13.9. The number of amides is 1. The maximum absolute atomic E-state index is 12.2. The van der Waals surface area contributed by atoms with Crippen molar-refractivity contribution < 1.29 is 9.53 Å². The van der Waals surface area contributed by atoms with Crippen molar-refractivity contribution in [1.82, 2.24) is 4.90 Å². The minimum Gasteiger partial charge on any atom is -0.494 e. The van der Waals surface area contributed by atoms with Crippen LogP contribution in [0, 0.1) is 0 Å². The number of nitrogens with zero attached hydrogens (tertiary/aromatic N) is 1. The lowest BCUT2D eigenvalue weighted by molar-refractivity contribution is -0.132. The Bertz CT molecular complexity index is 421. The molecule has 0 aliphatic rings. The van der Waals surface area contributed by atoms with Gasteiger partial charge >= 0.3 is 0 Å². The second-order valence-corrected chi connectivity index (χ2v) is 4.98. The number of carbonyl (C=O) groups excluding carboxylic acids is 1. The third-order valence-electron chi connectivity index (χ3n) is 3.24. The molecule has 0 radical (unpaired) electrons. The molecule has 2 N–H and O–H groups in total. The Hall–Kier alpha value is -1.55. The van der Waals surface area contributed by atoms with Crippen molar-refractivity contribution in [3.63, 3.8) is 0 Å². The lowest BCUT2D eigenvalue weighted by atomic mass is 10.1. The molecular formula is C16H26N2O2. The number of likely N-dealkylation sites (N-methyl/N-ethyl adjacent to an activating group) is 1. The molecule has 4 heteroatoms. The van der Waals surface area contributed by atoms with E-state index >= 15 is 0 Å². The summed E-state index contributed by atoms with van der Waals surface area (Å²) >= 11 is 0. The molecule has 0 heterocycles. The third kappa shape index (κ3) is 4.85. The van der Waals surface area contributed by atoms with E-state index in [0.29, 0.717) is 13.2 Å². The van der Waals surface area contributed by atoms with Gasteiger partial charge in [0, 0.05) is 19.2 Å². The Morgan fingerprint density at radius 3 is 2.70 bits per heavy atom. The number of carbonyl (C=O) groups is 1. The van der Waals surface area contributed by atoms with Crippen LogP contribution >= 0.6 is 0 Å². The summed E-state index contributed by atoms with van der Waals surface area (Å²) in [5, 5.41) is 0.